The fourth-order valence-electron chi connectivity index (χ4n) is 4.92. The third-order valence-corrected chi connectivity index (χ3v) is 7.95. The Morgan fingerprint density at radius 3 is 2.47 bits per heavy atom. The van der Waals surface area contributed by atoms with E-state index in [1.54, 1.807) is 11.3 Å². The maximum atomic E-state index is 13.2. The van der Waals surface area contributed by atoms with Crippen molar-refractivity contribution >= 4 is 33.4 Å². The number of nitrogens with zero attached hydrogens (tertiary/aromatic N) is 4. The summed E-state index contributed by atoms with van der Waals surface area (Å²) >= 11 is 1.54. The van der Waals surface area contributed by atoms with E-state index in [9.17, 15) is 9.59 Å². The van der Waals surface area contributed by atoms with Gasteiger partial charge in [-0.2, -0.15) is 5.10 Å². The van der Waals surface area contributed by atoms with Crippen LogP contribution in [0.1, 0.15) is 53.0 Å². The summed E-state index contributed by atoms with van der Waals surface area (Å²) in [5.74, 6) is 0.813. The summed E-state index contributed by atoms with van der Waals surface area (Å²) in [7, 11) is 0. The highest BCUT2D eigenvalue weighted by atomic mass is 32.1. The summed E-state index contributed by atoms with van der Waals surface area (Å²) < 4.78 is 2.01. The molecule has 3 aromatic rings. The third-order valence-electron chi connectivity index (χ3n) is 6.82. The summed E-state index contributed by atoms with van der Waals surface area (Å²) in [4.78, 5) is 31.5. The van der Waals surface area contributed by atoms with Crippen molar-refractivity contribution in [2.45, 2.75) is 45.6 Å². The van der Waals surface area contributed by atoms with Crippen LogP contribution in [0.4, 0.5) is 0 Å². The fourth-order valence-corrected chi connectivity index (χ4v) is 6.05. The molecule has 32 heavy (non-hydrogen) atoms. The first-order chi connectivity index (χ1) is 15.6. The Bertz CT molecular complexity index is 1110. The monoisotopic (exact) mass is 450 g/mol. The smallest absolute Gasteiger partial charge is 0.264 e. The number of amides is 2. The van der Waals surface area contributed by atoms with E-state index < -0.39 is 0 Å². The van der Waals surface area contributed by atoms with E-state index in [1.807, 2.05) is 45.7 Å². The summed E-state index contributed by atoms with van der Waals surface area (Å²) in [6, 6.07) is 12.3. The van der Waals surface area contributed by atoms with Crippen LogP contribution in [-0.2, 0) is 11.3 Å². The molecule has 2 aliphatic rings. The molecular weight excluding hydrogens is 420 g/mol. The molecule has 2 aromatic heterocycles. The number of hydrogen-bond donors (Lipinski definition) is 0. The van der Waals surface area contributed by atoms with Gasteiger partial charge in [0.15, 0.2) is 0 Å². The van der Waals surface area contributed by atoms with Crippen LogP contribution < -0.4 is 0 Å². The Morgan fingerprint density at radius 1 is 1.03 bits per heavy atom. The third kappa shape index (κ3) is 4.31. The molecule has 0 spiro atoms. The van der Waals surface area contributed by atoms with Crippen LogP contribution in [0.2, 0.25) is 0 Å². The molecule has 4 heterocycles. The molecule has 0 unspecified atom stereocenters. The molecule has 6 nitrogen and oxygen atoms in total. The number of carbonyl (C=O) groups excluding carboxylic acids is 2. The molecular formula is C25H30N4O2S. The molecule has 2 saturated heterocycles. The minimum absolute atomic E-state index is 0.112. The summed E-state index contributed by atoms with van der Waals surface area (Å²) in [5.41, 5.74) is 2.16. The predicted molar refractivity (Wildman–Crippen MR) is 127 cm³/mol. The van der Waals surface area contributed by atoms with Gasteiger partial charge in [0.25, 0.3) is 5.91 Å². The first kappa shape index (κ1) is 21.2. The van der Waals surface area contributed by atoms with E-state index in [2.05, 4.69) is 12.1 Å². The van der Waals surface area contributed by atoms with Gasteiger partial charge >= 0.3 is 0 Å². The number of aryl methyl sites for hydroxylation is 1. The molecule has 1 aromatic carbocycles. The van der Waals surface area contributed by atoms with Gasteiger partial charge in [-0.15, -0.1) is 11.3 Å². The molecule has 5 rings (SSSR count). The standard InChI is InChI=1S/C25H30N4O2S/c1-18-21-16-22(32-25(21)29(26-18)17-20-7-3-2-4-8-20)24(31)28-13-9-19(10-14-28)15-23(30)27-11-5-6-12-27/h2-4,7-8,16,19H,5-6,9-15,17H2,1H3. The zero-order valence-corrected chi connectivity index (χ0v) is 19.4. The van der Waals surface area contributed by atoms with Gasteiger partial charge in [-0.1, -0.05) is 30.3 Å². The highest BCUT2D eigenvalue weighted by Gasteiger charge is 2.28. The zero-order valence-electron chi connectivity index (χ0n) is 18.6. The Kier molecular flexibility index (Phi) is 6.00. The van der Waals surface area contributed by atoms with Gasteiger partial charge in [0, 0.05) is 38.0 Å². The topological polar surface area (TPSA) is 58.4 Å². The lowest BCUT2D eigenvalue weighted by atomic mass is 9.93. The molecule has 0 aliphatic carbocycles. The lowest BCUT2D eigenvalue weighted by Gasteiger charge is -2.32. The van der Waals surface area contributed by atoms with Crippen LogP contribution in [0.25, 0.3) is 10.2 Å². The van der Waals surface area contributed by atoms with E-state index in [0.717, 1.165) is 72.7 Å². The van der Waals surface area contributed by atoms with Crippen LogP contribution in [0.5, 0.6) is 0 Å². The van der Waals surface area contributed by atoms with Gasteiger partial charge in [-0.3, -0.25) is 14.3 Å². The van der Waals surface area contributed by atoms with Crippen molar-refractivity contribution in [2.24, 2.45) is 5.92 Å². The van der Waals surface area contributed by atoms with Gasteiger partial charge < -0.3 is 9.80 Å². The molecule has 2 fully saturated rings. The molecule has 0 atom stereocenters. The van der Waals surface area contributed by atoms with Crippen molar-refractivity contribution in [3.05, 3.63) is 52.5 Å². The van der Waals surface area contributed by atoms with E-state index in [0.29, 0.717) is 24.8 Å². The second-order valence-corrected chi connectivity index (χ2v) is 10.1. The molecule has 0 saturated carbocycles. The lowest BCUT2D eigenvalue weighted by molar-refractivity contribution is -0.131. The summed E-state index contributed by atoms with van der Waals surface area (Å²) in [6.45, 7) is 6.02. The summed E-state index contributed by atoms with van der Waals surface area (Å²) in [6.07, 6.45) is 4.74. The maximum absolute atomic E-state index is 13.2. The Morgan fingerprint density at radius 2 is 1.75 bits per heavy atom. The Hall–Kier alpha value is -2.67. The average Bonchev–Trinajstić information content (AvgIpc) is 3.54. The number of aromatic nitrogens is 2. The minimum atomic E-state index is 0.112. The number of piperidine rings is 1. The van der Waals surface area contributed by atoms with Crippen LogP contribution in [-0.4, -0.2) is 57.6 Å². The number of hydrogen-bond acceptors (Lipinski definition) is 4. The zero-order chi connectivity index (χ0) is 22.1. The van der Waals surface area contributed by atoms with Crippen LogP contribution in [0.3, 0.4) is 0 Å². The van der Waals surface area contributed by atoms with Crippen molar-refractivity contribution < 1.29 is 9.59 Å². The van der Waals surface area contributed by atoms with E-state index >= 15 is 0 Å². The van der Waals surface area contributed by atoms with Crippen molar-refractivity contribution in [3.63, 3.8) is 0 Å². The second-order valence-electron chi connectivity index (χ2n) is 9.09. The molecule has 7 heteroatoms. The quantitative estimate of drug-likeness (QED) is 0.582. The van der Waals surface area contributed by atoms with E-state index in [1.165, 1.54) is 5.56 Å². The fraction of sp³-hybridized carbons (Fsp3) is 0.480. The number of likely N-dealkylation sites (tertiary alicyclic amines) is 2. The van der Waals surface area contributed by atoms with Gasteiger partial charge in [0.05, 0.1) is 17.1 Å². The molecule has 168 valence electrons. The normalized spacial score (nSPS) is 17.4. The number of fused-ring (bicyclic) bond motifs is 1. The van der Waals surface area contributed by atoms with Gasteiger partial charge in [-0.05, 0) is 50.2 Å². The molecule has 0 bridgehead atoms. The lowest BCUT2D eigenvalue weighted by Crippen LogP contribution is -2.39. The van der Waals surface area contributed by atoms with E-state index in [-0.39, 0.29) is 5.91 Å². The number of carbonyl (C=O) groups is 2. The second kappa shape index (κ2) is 9.06. The minimum Gasteiger partial charge on any atom is -0.343 e. The maximum Gasteiger partial charge on any atom is 0.264 e. The summed E-state index contributed by atoms with van der Waals surface area (Å²) in [5, 5.41) is 5.76. The van der Waals surface area contributed by atoms with Crippen molar-refractivity contribution in [3.8, 4) is 0 Å². The van der Waals surface area contributed by atoms with Crippen molar-refractivity contribution in [2.75, 3.05) is 26.2 Å². The molecule has 0 N–H and O–H groups in total. The predicted octanol–water partition coefficient (Wildman–Crippen LogP) is 4.32. The van der Waals surface area contributed by atoms with Crippen molar-refractivity contribution in [1.29, 1.82) is 0 Å². The first-order valence-electron chi connectivity index (χ1n) is 11.7. The number of thiophene rings is 1. The molecule has 2 aliphatic heterocycles. The first-order valence-corrected chi connectivity index (χ1v) is 12.5. The van der Waals surface area contributed by atoms with Gasteiger partial charge in [0.2, 0.25) is 5.91 Å². The van der Waals surface area contributed by atoms with Crippen LogP contribution in [0, 0.1) is 12.8 Å². The van der Waals surface area contributed by atoms with Gasteiger partial charge in [-0.25, -0.2) is 0 Å². The van der Waals surface area contributed by atoms with Crippen LogP contribution in [0.15, 0.2) is 36.4 Å². The SMILES string of the molecule is Cc1nn(Cc2ccccc2)c2sc(C(=O)N3CCC(CC(=O)N4CCCC4)CC3)cc12. The van der Waals surface area contributed by atoms with Crippen LogP contribution >= 0.6 is 11.3 Å². The van der Waals surface area contributed by atoms with Gasteiger partial charge in [0.1, 0.15) is 4.83 Å². The van der Waals surface area contributed by atoms with E-state index in [4.69, 9.17) is 5.10 Å². The molecule has 2 amide bonds. The highest BCUT2D eigenvalue weighted by molar-refractivity contribution is 7.20. The number of rotatable bonds is 5. The Labute approximate surface area is 192 Å². The Balaban J connectivity index is 1.23. The number of benzene rings is 1. The average molecular weight is 451 g/mol. The highest BCUT2D eigenvalue weighted by Crippen LogP contribution is 2.31. The van der Waals surface area contributed by atoms with Crippen molar-refractivity contribution in [1.82, 2.24) is 19.6 Å². The largest absolute Gasteiger partial charge is 0.343 e. The molecule has 0 radical (unpaired) electrons.